The molecule has 10 heteroatoms. The van der Waals surface area contributed by atoms with Crippen LogP contribution in [0.1, 0.15) is 10.4 Å². The normalized spacial score (nSPS) is 11.1. The maximum atomic E-state index is 13.2. The van der Waals surface area contributed by atoms with Gasteiger partial charge >= 0.3 is 11.7 Å². The molecule has 2 heterocycles. The average molecular weight is 364 g/mol. The lowest BCUT2D eigenvalue weighted by Crippen LogP contribution is -2.37. The molecule has 1 aromatic carbocycles. The SMILES string of the molecule is Cn1c(=O)c2c(ncn2CCOC(=O)c2ccc(F)c(F)c2)n(C)c1=O. The van der Waals surface area contributed by atoms with Gasteiger partial charge in [0.1, 0.15) is 6.61 Å². The Morgan fingerprint density at radius 3 is 2.58 bits per heavy atom. The number of ether oxygens (including phenoxy) is 1. The van der Waals surface area contributed by atoms with E-state index in [2.05, 4.69) is 4.98 Å². The molecule has 0 aliphatic rings. The van der Waals surface area contributed by atoms with E-state index in [0.717, 1.165) is 22.8 Å². The van der Waals surface area contributed by atoms with Crippen LogP contribution in [0.15, 0.2) is 34.1 Å². The third-order valence-corrected chi connectivity index (χ3v) is 3.94. The summed E-state index contributed by atoms with van der Waals surface area (Å²) in [5, 5.41) is 0. The lowest BCUT2D eigenvalue weighted by atomic mass is 10.2. The highest BCUT2D eigenvalue weighted by Gasteiger charge is 2.15. The number of rotatable bonds is 4. The molecule has 0 N–H and O–H groups in total. The molecular formula is C16H14F2N4O4. The van der Waals surface area contributed by atoms with E-state index in [9.17, 15) is 23.2 Å². The van der Waals surface area contributed by atoms with Crippen molar-refractivity contribution in [3.63, 3.8) is 0 Å². The van der Waals surface area contributed by atoms with E-state index in [-0.39, 0.29) is 29.9 Å². The van der Waals surface area contributed by atoms with Crippen LogP contribution in [0, 0.1) is 11.6 Å². The van der Waals surface area contributed by atoms with Crippen molar-refractivity contribution < 1.29 is 18.3 Å². The van der Waals surface area contributed by atoms with Gasteiger partial charge in [-0.1, -0.05) is 0 Å². The Morgan fingerprint density at radius 2 is 1.88 bits per heavy atom. The first kappa shape index (κ1) is 17.5. The van der Waals surface area contributed by atoms with Gasteiger partial charge in [-0.2, -0.15) is 0 Å². The third kappa shape index (κ3) is 2.89. The van der Waals surface area contributed by atoms with Gasteiger partial charge in [-0.15, -0.1) is 0 Å². The predicted molar refractivity (Wildman–Crippen MR) is 86.9 cm³/mol. The number of hydrogen-bond acceptors (Lipinski definition) is 5. The summed E-state index contributed by atoms with van der Waals surface area (Å²) in [6, 6.07) is 2.69. The molecule has 0 bridgehead atoms. The lowest BCUT2D eigenvalue weighted by Gasteiger charge is -2.08. The highest BCUT2D eigenvalue weighted by Crippen LogP contribution is 2.10. The fourth-order valence-electron chi connectivity index (χ4n) is 2.51. The van der Waals surface area contributed by atoms with Crippen LogP contribution in [0.3, 0.4) is 0 Å². The largest absolute Gasteiger partial charge is 0.460 e. The molecule has 0 saturated carbocycles. The van der Waals surface area contributed by atoms with Crippen molar-refractivity contribution in [1.29, 1.82) is 0 Å². The first-order valence-corrected chi connectivity index (χ1v) is 7.54. The predicted octanol–water partition coefficient (Wildman–Crippen LogP) is 0.569. The van der Waals surface area contributed by atoms with Crippen LogP contribution in [0.4, 0.5) is 8.78 Å². The molecule has 0 spiro atoms. The highest BCUT2D eigenvalue weighted by atomic mass is 19.2. The molecule has 0 aliphatic carbocycles. The Balaban J connectivity index is 1.78. The number of carbonyl (C=O) groups excluding carboxylic acids is 1. The fourth-order valence-corrected chi connectivity index (χ4v) is 2.51. The Hall–Kier alpha value is -3.30. The summed E-state index contributed by atoms with van der Waals surface area (Å²) in [4.78, 5) is 40.1. The second-order valence-corrected chi connectivity index (χ2v) is 5.58. The summed E-state index contributed by atoms with van der Waals surface area (Å²) in [7, 11) is 2.84. The van der Waals surface area contributed by atoms with Crippen molar-refractivity contribution in [2.24, 2.45) is 14.1 Å². The van der Waals surface area contributed by atoms with Gasteiger partial charge in [-0.05, 0) is 18.2 Å². The van der Waals surface area contributed by atoms with Crippen LogP contribution in [0.25, 0.3) is 11.2 Å². The van der Waals surface area contributed by atoms with E-state index >= 15 is 0 Å². The van der Waals surface area contributed by atoms with Crippen molar-refractivity contribution in [3.05, 3.63) is 62.6 Å². The molecule has 3 aromatic rings. The Kier molecular flexibility index (Phi) is 4.41. The van der Waals surface area contributed by atoms with Gasteiger partial charge in [0, 0.05) is 14.1 Å². The summed E-state index contributed by atoms with van der Waals surface area (Å²) in [5.41, 5.74) is -0.744. The van der Waals surface area contributed by atoms with Gasteiger partial charge in [0.15, 0.2) is 22.8 Å². The minimum absolute atomic E-state index is 0.0966. The molecule has 0 radical (unpaired) electrons. The minimum Gasteiger partial charge on any atom is -0.460 e. The summed E-state index contributed by atoms with van der Waals surface area (Å²) in [5.74, 6) is -3.04. The Morgan fingerprint density at radius 1 is 1.15 bits per heavy atom. The van der Waals surface area contributed by atoms with Crippen molar-refractivity contribution in [2.45, 2.75) is 6.54 Å². The number of benzene rings is 1. The molecule has 0 unspecified atom stereocenters. The molecule has 0 atom stereocenters. The van der Waals surface area contributed by atoms with Crippen molar-refractivity contribution in [3.8, 4) is 0 Å². The van der Waals surface area contributed by atoms with E-state index < -0.39 is 28.9 Å². The van der Waals surface area contributed by atoms with Gasteiger partial charge in [0.25, 0.3) is 5.56 Å². The summed E-state index contributed by atoms with van der Waals surface area (Å²) in [6.45, 7) is -0.0331. The fraction of sp³-hybridized carbons (Fsp3) is 0.250. The van der Waals surface area contributed by atoms with Gasteiger partial charge < -0.3 is 9.30 Å². The summed E-state index contributed by atoms with van der Waals surface area (Å²) < 4.78 is 34.7. The van der Waals surface area contributed by atoms with E-state index in [1.807, 2.05) is 0 Å². The first-order valence-electron chi connectivity index (χ1n) is 7.54. The Labute approximate surface area is 144 Å². The van der Waals surface area contributed by atoms with Crippen molar-refractivity contribution in [1.82, 2.24) is 18.7 Å². The monoisotopic (exact) mass is 364 g/mol. The van der Waals surface area contributed by atoms with Gasteiger partial charge in [0.05, 0.1) is 18.4 Å². The molecule has 2 aromatic heterocycles. The smallest absolute Gasteiger partial charge is 0.338 e. The number of hydrogen-bond donors (Lipinski definition) is 0. The second kappa shape index (κ2) is 6.54. The lowest BCUT2D eigenvalue weighted by molar-refractivity contribution is 0.0491. The molecule has 26 heavy (non-hydrogen) atoms. The van der Waals surface area contributed by atoms with Crippen LogP contribution in [0.5, 0.6) is 0 Å². The minimum atomic E-state index is -1.15. The molecule has 136 valence electrons. The number of halogens is 2. The average Bonchev–Trinajstić information content (AvgIpc) is 3.04. The zero-order valence-corrected chi connectivity index (χ0v) is 13.9. The number of aryl methyl sites for hydroxylation is 1. The van der Waals surface area contributed by atoms with Crippen LogP contribution >= 0.6 is 0 Å². The topological polar surface area (TPSA) is 88.1 Å². The number of nitrogens with zero attached hydrogens (tertiary/aromatic N) is 4. The second-order valence-electron chi connectivity index (χ2n) is 5.58. The molecule has 0 aliphatic heterocycles. The van der Waals surface area contributed by atoms with Crippen molar-refractivity contribution in [2.75, 3.05) is 6.61 Å². The molecule has 8 nitrogen and oxygen atoms in total. The third-order valence-electron chi connectivity index (χ3n) is 3.94. The van der Waals surface area contributed by atoms with Crippen LogP contribution in [-0.4, -0.2) is 31.3 Å². The zero-order chi connectivity index (χ0) is 19.0. The van der Waals surface area contributed by atoms with Crippen molar-refractivity contribution >= 4 is 17.1 Å². The van der Waals surface area contributed by atoms with Gasteiger partial charge in [-0.25, -0.2) is 23.4 Å². The molecule has 3 rings (SSSR count). The van der Waals surface area contributed by atoms with E-state index in [0.29, 0.717) is 0 Å². The maximum Gasteiger partial charge on any atom is 0.338 e. The van der Waals surface area contributed by atoms with Crippen LogP contribution in [-0.2, 0) is 25.4 Å². The van der Waals surface area contributed by atoms with Gasteiger partial charge in [0.2, 0.25) is 0 Å². The standard InChI is InChI=1S/C16H14F2N4O4/c1-20-13-12(14(23)21(2)16(20)25)22(8-19-13)5-6-26-15(24)9-3-4-10(17)11(18)7-9/h3-4,7-8H,5-6H2,1-2H3. The van der Waals surface area contributed by atoms with E-state index in [1.165, 1.54) is 29.6 Å². The summed E-state index contributed by atoms with van der Waals surface area (Å²) in [6.07, 6.45) is 1.36. The van der Waals surface area contributed by atoms with Gasteiger partial charge in [-0.3, -0.25) is 13.9 Å². The number of fused-ring (bicyclic) bond motifs is 1. The van der Waals surface area contributed by atoms with E-state index in [1.54, 1.807) is 0 Å². The highest BCUT2D eigenvalue weighted by molar-refractivity contribution is 5.89. The van der Waals surface area contributed by atoms with Crippen LogP contribution in [0.2, 0.25) is 0 Å². The van der Waals surface area contributed by atoms with Crippen LogP contribution < -0.4 is 11.2 Å². The maximum absolute atomic E-state index is 13.2. The molecular weight excluding hydrogens is 350 g/mol. The number of esters is 1. The molecule has 0 saturated heterocycles. The quantitative estimate of drug-likeness (QED) is 0.632. The number of carbonyl (C=O) groups is 1. The summed E-state index contributed by atoms with van der Waals surface area (Å²) >= 11 is 0. The zero-order valence-electron chi connectivity index (χ0n) is 13.9. The first-order chi connectivity index (χ1) is 12.3. The number of aromatic nitrogens is 4. The molecule has 0 fully saturated rings. The van der Waals surface area contributed by atoms with E-state index in [4.69, 9.17) is 4.74 Å². The Bertz CT molecular complexity index is 1130. The number of imidazole rings is 1. The molecule has 0 amide bonds.